The van der Waals surface area contributed by atoms with E-state index in [-0.39, 0.29) is 18.6 Å². The van der Waals surface area contributed by atoms with Gasteiger partial charge in [-0.1, -0.05) is 32.8 Å². The van der Waals surface area contributed by atoms with Crippen LogP contribution in [0, 0.1) is 6.92 Å². The number of aliphatic imine (C=N–C) groups is 1. The number of benzene rings is 1. The summed E-state index contributed by atoms with van der Waals surface area (Å²) in [5, 5.41) is 0.995. The first-order valence-corrected chi connectivity index (χ1v) is 13.2. The zero-order valence-corrected chi connectivity index (χ0v) is 22.1. The summed E-state index contributed by atoms with van der Waals surface area (Å²) in [4.78, 5) is 50.9. The highest BCUT2D eigenvalue weighted by Gasteiger charge is 2.50. The summed E-state index contributed by atoms with van der Waals surface area (Å²) in [5.41, 5.74) is 4.86. The Bertz CT molecular complexity index is 1620. The number of cyclic esters (lactones) is 1. The van der Waals surface area contributed by atoms with Crippen LogP contribution in [0.4, 0.5) is 11.4 Å². The number of aromatic nitrogens is 2. The third-order valence-corrected chi connectivity index (χ3v) is 7.90. The van der Waals surface area contributed by atoms with E-state index in [0.29, 0.717) is 29.1 Å². The number of pyridine rings is 2. The monoisotopic (exact) mass is 514 g/mol. The Morgan fingerprint density at radius 3 is 2.74 bits per heavy atom. The Morgan fingerprint density at radius 2 is 2.00 bits per heavy atom. The van der Waals surface area contributed by atoms with Gasteiger partial charge >= 0.3 is 11.9 Å². The van der Waals surface area contributed by atoms with E-state index in [0.717, 1.165) is 59.2 Å². The third-order valence-electron chi connectivity index (χ3n) is 7.90. The van der Waals surface area contributed by atoms with Gasteiger partial charge in [-0.2, -0.15) is 0 Å². The summed E-state index contributed by atoms with van der Waals surface area (Å²) < 4.78 is 12.7. The number of carbonyl (C=O) groups excluding carboxylic acids is 2. The van der Waals surface area contributed by atoms with Gasteiger partial charge in [0.2, 0.25) is 5.60 Å². The first kappa shape index (κ1) is 24.3. The molecule has 1 unspecified atom stereocenters. The molecule has 3 aliphatic heterocycles. The lowest BCUT2D eigenvalue weighted by Crippen LogP contribution is -2.47. The summed E-state index contributed by atoms with van der Waals surface area (Å²) in [5.74, 6) is -1.28. The maximum atomic E-state index is 13.9. The Kier molecular flexibility index (Phi) is 5.63. The number of hydrogen-bond acceptors (Lipinski definition) is 8. The van der Waals surface area contributed by atoms with Gasteiger partial charge < -0.3 is 18.9 Å². The van der Waals surface area contributed by atoms with Crippen molar-refractivity contribution in [2.45, 2.75) is 72.1 Å². The quantitative estimate of drug-likeness (QED) is 0.273. The van der Waals surface area contributed by atoms with Crippen LogP contribution in [0.1, 0.15) is 68.7 Å². The number of carbonyl (C=O) groups is 2. The molecule has 196 valence electrons. The van der Waals surface area contributed by atoms with Crippen LogP contribution in [-0.2, 0) is 37.8 Å². The molecule has 1 aromatic carbocycles. The SMILES string of the molecule is CCCCCN1C=Nc2c(C)ccc3nc4c(c1c23)Cn1c-4cc2c(c1=O)COC(=O)C2(CC)OC(C)=O. The maximum absolute atomic E-state index is 13.9. The average molecular weight is 515 g/mol. The molecule has 0 N–H and O–H groups in total. The normalized spacial score (nSPS) is 18.7. The Hall–Kier alpha value is -4.01. The number of rotatable bonds is 6. The van der Waals surface area contributed by atoms with Crippen molar-refractivity contribution in [2.75, 3.05) is 11.4 Å². The second kappa shape index (κ2) is 8.79. The second-order valence-corrected chi connectivity index (χ2v) is 10.2. The number of hydrogen-bond donors (Lipinski definition) is 0. The van der Waals surface area contributed by atoms with Gasteiger partial charge in [0, 0.05) is 24.6 Å². The largest absolute Gasteiger partial charge is 0.457 e. The number of esters is 2. The first-order chi connectivity index (χ1) is 18.3. The van der Waals surface area contributed by atoms with Crippen molar-refractivity contribution in [3.05, 3.63) is 50.8 Å². The highest BCUT2D eigenvalue weighted by atomic mass is 16.6. The van der Waals surface area contributed by atoms with E-state index < -0.39 is 17.5 Å². The Morgan fingerprint density at radius 1 is 1.18 bits per heavy atom. The molecule has 2 aromatic heterocycles. The van der Waals surface area contributed by atoms with Gasteiger partial charge in [0.1, 0.15) is 6.61 Å². The summed E-state index contributed by atoms with van der Waals surface area (Å²) >= 11 is 0. The van der Waals surface area contributed by atoms with Crippen LogP contribution in [0.25, 0.3) is 22.3 Å². The molecule has 1 atom stereocenters. The molecule has 0 radical (unpaired) electrons. The van der Waals surface area contributed by atoms with Crippen molar-refractivity contribution in [3.63, 3.8) is 0 Å². The third kappa shape index (κ3) is 3.33. The van der Waals surface area contributed by atoms with Crippen LogP contribution in [0.5, 0.6) is 0 Å². The molecular formula is C29H30N4O5. The molecule has 3 aliphatic rings. The van der Waals surface area contributed by atoms with E-state index in [1.165, 1.54) is 6.92 Å². The Balaban J connectivity index is 1.61. The molecule has 0 saturated carbocycles. The predicted molar refractivity (Wildman–Crippen MR) is 144 cm³/mol. The zero-order valence-electron chi connectivity index (χ0n) is 22.1. The summed E-state index contributed by atoms with van der Waals surface area (Å²) in [6.45, 7) is 8.21. The minimum absolute atomic E-state index is 0.148. The van der Waals surface area contributed by atoms with Crippen LogP contribution < -0.4 is 10.5 Å². The van der Waals surface area contributed by atoms with Crippen LogP contribution in [0.3, 0.4) is 0 Å². The molecule has 6 rings (SSSR count). The molecule has 5 heterocycles. The van der Waals surface area contributed by atoms with Gasteiger partial charge in [-0.15, -0.1) is 0 Å². The average Bonchev–Trinajstić information content (AvgIpc) is 3.27. The molecule has 9 heteroatoms. The first-order valence-electron chi connectivity index (χ1n) is 13.2. The van der Waals surface area contributed by atoms with Gasteiger partial charge in [0.15, 0.2) is 0 Å². The van der Waals surface area contributed by atoms with E-state index in [1.807, 2.05) is 25.4 Å². The lowest BCUT2D eigenvalue weighted by atomic mass is 9.85. The summed E-state index contributed by atoms with van der Waals surface area (Å²) in [6, 6.07) is 5.81. The lowest BCUT2D eigenvalue weighted by molar-refractivity contribution is -0.188. The number of anilines is 1. The van der Waals surface area contributed by atoms with Gasteiger partial charge in [-0.05, 0) is 37.5 Å². The standard InChI is InChI=1S/C29H30N4O5/c1-5-7-8-11-32-15-30-24-16(3)9-10-21-23(24)26(32)18-13-33-22(25(18)31-21)12-20-19(27(33)35)14-37-28(36)29(20,6-2)38-17(4)34/h9-10,12,15H,5-8,11,13-14H2,1-4H3. The Labute approximate surface area is 220 Å². The van der Waals surface area contributed by atoms with Crippen molar-refractivity contribution in [1.29, 1.82) is 0 Å². The van der Waals surface area contributed by atoms with Crippen molar-refractivity contribution < 1.29 is 19.1 Å². The van der Waals surface area contributed by atoms with Gasteiger partial charge in [0.25, 0.3) is 5.56 Å². The smallest absolute Gasteiger partial charge is 0.355 e. The summed E-state index contributed by atoms with van der Waals surface area (Å²) in [6.07, 6.45) is 5.28. The minimum atomic E-state index is -1.66. The molecule has 0 amide bonds. The predicted octanol–water partition coefficient (Wildman–Crippen LogP) is 4.63. The van der Waals surface area contributed by atoms with Crippen molar-refractivity contribution in [1.82, 2.24) is 9.55 Å². The maximum Gasteiger partial charge on any atom is 0.355 e. The number of unbranched alkanes of at least 4 members (excludes halogenated alkanes) is 2. The van der Waals surface area contributed by atoms with Crippen LogP contribution >= 0.6 is 0 Å². The fraction of sp³-hybridized carbons (Fsp3) is 0.414. The molecule has 3 aromatic rings. The van der Waals surface area contributed by atoms with E-state index in [1.54, 1.807) is 17.6 Å². The van der Waals surface area contributed by atoms with E-state index in [9.17, 15) is 14.4 Å². The molecule has 9 nitrogen and oxygen atoms in total. The number of nitrogens with zero attached hydrogens (tertiary/aromatic N) is 4. The minimum Gasteiger partial charge on any atom is -0.457 e. The highest BCUT2D eigenvalue weighted by Crippen LogP contribution is 2.47. The molecule has 0 fully saturated rings. The van der Waals surface area contributed by atoms with Gasteiger partial charge in [-0.3, -0.25) is 9.59 Å². The lowest BCUT2D eigenvalue weighted by Gasteiger charge is -2.35. The number of aryl methyl sites for hydroxylation is 1. The van der Waals surface area contributed by atoms with Crippen molar-refractivity contribution >= 4 is 40.6 Å². The van der Waals surface area contributed by atoms with Gasteiger partial charge in [0.05, 0.1) is 52.1 Å². The van der Waals surface area contributed by atoms with E-state index in [4.69, 9.17) is 19.5 Å². The molecule has 0 aliphatic carbocycles. The molecule has 0 spiro atoms. The topological polar surface area (TPSA) is 103 Å². The molecule has 0 bridgehead atoms. The number of ether oxygens (including phenoxy) is 2. The molecular weight excluding hydrogens is 484 g/mol. The highest BCUT2D eigenvalue weighted by molar-refractivity contribution is 6.11. The number of fused-ring (bicyclic) bond motifs is 5. The van der Waals surface area contributed by atoms with Crippen LogP contribution in [-0.4, -0.2) is 34.4 Å². The fourth-order valence-corrected chi connectivity index (χ4v) is 6.01. The summed E-state index contributed by atoms with van der Waals surface area (Å²) in [7, 11) is 0. The fourth-order valence-electron chi connectivity index (χ4n) is 6.01. The van der Waals surface area contributed by atoms with Crippen LogP contribution in [0.15, 0.2) is 28.0 Å². The van der Waals surface area contributed by atoms with Crippen molar-refractivity contribution in [2.24, 2.45) is 4.99 Å². The van der Waals surface area contributed by atoms with E-state index >= 15 is 0 Å². The second-order valence-electron chi connectivity index (χ2n) is 10.2. The zero-order chi connectivity index (χ0) is 26.8. The molecule has 38 heavy (non-hydrogen) atoms. The van der Waals surface area contributed by atoms with Gasteiger partial charge in [-0.25, -0.2) is 14.8 Å². The van der Waals surface area contributed by atoms with Crippen molar-refractivity contribution in [3.8, 4) is 11.4 Å². The van der Waals surface area contributed by atoms with E-state index in [2.05, 4.69) is 11.8 Å². The van der Waals surface area contributed by atoms with Crippen LogP contribution in [0.2, 0.25) is 0 Å². The molecule has 0 saturated heterocycles.